The van der Waals surface area contributed by atoms with Crippen molar-refractivity contribution in [1.29, 1.82) is 0 Å². The molecule has 0 spiro atoms. The first-order valence-electron chi connectivity index (χ1n) is 8.81. The van der Waals surface area contributed by atoms with E-state index in [1.165, 1.54) is 12.1 Å². The number of nitrogens with zero attached hydrogens (tertiary/aromatic N) is 1. The summed E-state index contributed by atoms with van der Waals surface area (Å²) in [5, 5.41) is 13.3. The van der Waals surface area contributed by atoms with Crippen LogP contribution in [0, 0.1) is 0 Å². The predicted molar refractivity (Wildman–Crippen MR) is 104 cm³/mol. The van der Waals surface area contributed by atoms with Crippen LogP contribution in [-0.4, -0.2) is 55.9 Å². The number of phenolic OH excluding ortho intramolecular Hbond substituents is 1. The molecule has 2 aromatic rings. The maximum Gasteiger partial charge on any atom is 0.255 e. The van der Waals surface area contributed by atoms with Gasteiger partial charge in [0.15, 0.2) is 0 Å². The largest absolute Gasteiger partial charge is 0.507 e. The van der Waals surface area contributed by atoms with Crippen LogP contribution in [0.4, 0.5) is 0 Å². The zero-order valence-corrected chi connectivity index (χ0v) is 15.9. The topological polar surface area (TPSA) is 71.0 Å². The number of methoxy groups -OCH3 is 1. The Labute approximate surface area is 163 Å². The fourth-order valence-corrected chi connectivity index (χ4v) is 3.32. The molecule has 1 fully saturated rings. The third kappa shape index (κ3) is 4.91. The Bertz CT molecular complexity index is 776. The van der Waals surface area contributed by atoms with Crippen LogP contribution in [-0.2, 0) is 4.74 Å². The summed E-state index contributed by atoms with van der Waals surface area (Å²) in [5.74, 6) is 0.332. The molecule has 1 aliphatic rings. The Morgan fingerprint density at radius 2 is 1.96 bits per heavy atom. The van der Waals surface area contributed by atoms with Gasteiger partial charge in [0.1, 0.15) is 11.5 Å². The third-order valence-electron chi connectivity index (χ3n) is 4.65. The van der Waals surface area contributed by atoms with E-state index in [9.17, 15) is 9.90 Å². The van der Waals surface area contributed by atoms with Gasteiger partial charge in [0.2, 0.25) is 0 Å². The van der Waals surface area contributed by atoms with Gasteiger partial charge in [-0.25, -0.2) is 0 Å². The minimum Gasteiger partial charge on any atom is -0.507 e. The molecule has 3 rings (SSSR count). The van der Waals surface area contributed by atoms with Crippen molar-refractivity contribution in [3.63, 3.8) is 0 Å². The van der Waals surface area contributed by atoms with Crippen molar-refractivity contribution < 1.29 is 19.4 Å². The van der Waals surface area contributed by atoms with E-state index in [0.29, 0.717) is 24.8 Å². The molecule has 6 nitrogen and oxygen atoms in total. The molecule has 0 bridgehead atoms. The van der Waals surface area contributed by atoms with Crippen LogP contribution in [0.1, 0.15) is 22.0 Å². The summed E-state index contributed by atoms with van der Waals surface area (Å²) in [5.41, 5.74) is 1.24. The second-order valence-corrected chi connectivity index (χ2v) is 6.75. The van der Waals surface area contributed by atoms with E-state index in [2.05, 4.69) is 10.2 Å². The number of benzene rings is 2. The highest BCUT2D eigenvalue weighted by molar-refractivity contribution is 6.31. The highest BCUT2D eigenvalue weighted by Gasteiger charge is 2.24. The van der Waals surface area contributed by atoms with Crippen molar-refractivity contribution in [2.45, 2.75) is 6.04 Å². The molecule has 1 aliphatic heterocycles. The Kier molecular flexibility index (Phi) is 6.55. The maximum atomic E-state index is 12.5. The smallest absolute Gasteiger partial charge is 0.255 e. The summed E-state index contributed by atoms with van der Waals surface area (Å²) < 4.78 is 10.7. The molecule has 1 saturated heterocycles. The number of morpholine rings is 1. The lowest BCUT2D eigenvalue weighted by Crippen LogP contribution is -2.43. The van der Waals surface area contributed by atoms with Crippen LogP contribution in [0.25, 0.3) is 0 Å². The molecule has 7 heteroatoms. The molecule has 0 saturated carbocycles. The zero-order chi connectivity index (χ0) is 19.2. The first kappa shape index (κ1) is 19.5. The summed E-state index contributed by atoms with van der Waals surface area (Å²) >= 11 is 5.94. The molecule has 1 unspecified atom stereocenters. The Morgan fingerprint density at radius 3 is 2.63 bits per heavy atom. The fraction of sp³-hybridized carbons (Fsp3) is 0.350. The number of hydrogen-bond acceptors (Lipinski definition) is 5. The number of rotatable bonds is 6. The number of phenols is 1. The van der Waals surface area contributed by atoms with Crippen molar-refractivity contribution in [3.8, 4) is 11.5 Å². The van der Waals surface area contributed by atoms with Gasteiger partial charge in [-0.3, -0.25) is 9.69 Å². The van der Waals surface area contributed by atoms with Gasteiger partial charge in [-0.2, -0.15) is 0 Å². The lowest BCUT2D eigenvalue weighted by molar-refractivity contribution is 0.0162. The van der Waals surface area contributed by atoms with E-state index in [1.54, 1.807) is 13.2 Å². The van der Waals surface area contributed by atoms with E-state index >= 15 is 0 Å². The van der Waals surface area contributed by atoms with Crippen molar-refractivity contribution >= 4 is 17.5 Å². The minimum absolute atomic E-state index is 0.00918. The molecule has 0 aromatic heterocycles. The van der Waals surface area contributed by atoms with Crippen molar-refractivity contribution in [1.82, 2.24) is 10.2 Å². The number of halogens is 1. The maximum absolute atomic E-state index is 12.5. The summed E-state index contributed by atoms with van der Waals surface area (Å²) in [4.78, 5) is 14.8. The summed E-state index contributed by atoms with van der Waals surface area (Å²) in [6.45, 7) is 3.30. The van der Waals surface area contributed by atoms with Crippen LogP contribution >= 0.6 is 11.6 Å². The summed E-state index contributed by atoms with van der Waals surface area (Å²) in [6.07, 6.45) is 0. The monoisotopic (exact) mass is 390 g/mol. The number of carbonyl (C=O) groups excluding carboxylic acids is 1. The van der Waals surface area contributed by atoms with Crippen LogP contribution in [0.3, 0.4) is 0 Å². The molecular formula is C20H23ClN2O4. The molecule has 27 heavy (non-hydrogen) atoms. The summed E-state index contributed by atoms with van der Waals surface area (Å²) in [7, 11) is 1.63. The van der Waals surface area contributed by atoms with Gasteiger partial charge in [0.05, 0.1) is 31.9 Å². The van der Waals surface area contributed by atoms with Gasteiger partial charge < -0.3 is 19.9 Å². The van der Waals surface area contributed by atoms with E-state index in [4.69, 9.17) is 21.1 Å². The second kappa shape index (κ2) is 9.08. The van der Waals surface area contributed by atoms with Crippen LogP contribution in [0.15, 0.2) is 42.5 Å². The number of carbonyl (C=O) groups is 1. The molecule has 1 heterocycles. The number of aromatic hydroxyl groups is 1. The Hall–Kier alpha value is -2.28. The van der Waals surface area contributed by atoms with Crippen LogP contribution < -0.4 is 10.1 Å². The molecular weight excluding hydrogens is 368 g/mol. The van der Waals surface area contributed by atoms with E-state index in [0.717, 1.165) is 24.4 Å². The molecule has 2 aromatic carbocycles. The van der Waals surface area contributed by atoms with Gasteiger partial charge in [-0.05, 0) is 35.9 Å². The highest BCUT2D eigenvalue weighted by atomic mass is 35.5. The third-order valence-corrected chi connectivity index (χ3v) is 4.88. The fourth-order valence-electron chi connectivity index (χ4n) is 3.15. The Morgan fingerprint density at radius 1 is 1.26 bits per heavy atom. The van der Waals surface area contributed by atoms with Gasteiger partial charge in [-0.15, -0.1) is 0 Å². The van der Waals surface area contributed by atoms with Gasteiger partial charge >= 0.3 is 0 Å². The molecule has 1 amide bonds. The minimum atomic E-state index is -0.359. The van der Waals surface area contributed by atoms with E-state index in [-0.39, 0.29) is 23.3 Å². The van der Waals surface area contributed by atoms with Gasteiger partial charge in [0, 0.05) is 24.7 Å². The normalized spacial score (nSPS) is 15.9. The SMILES string of the molecule is COc1ccc(C(CNC(=O)c2cc(Cl)ccc2O)N2CCOCC2)cc1. The van der Waals surface area contributed by atoms with Crippen molar-refractivity contribution in [2.75, 3.05) is 40.0 Å². The number of amides is 1. The van der Waals surface area contributed by atoms with E-state index in [1.807, 2.05) is 24.3 Å². The summed E-state index contributed by atoms with van der Waals surface area (Å²) in [6, 6.07) is 12.2. The Balaban J connectivity index is 1.76. The molecule has 1 atom stereocenters. The molecule has 2 N–H and O–H groups in total. The first-order chi connectivity index (χ1) is 13.1. The lowest BCUT2D eigenvalue weighted by atomic mass is 10.0. The van der Waals surface area contributed by atoms with Gasteiger partial charge in [0.25, 0.3) is 5.91 Å². The molecule has 0 radical (unpaired) electrons. The standard InChI is InChI=1S/C20H23ClN2O4/c1-26-16-5-2-14(3-6-16)18(23-8-10-27-11-9-23)13-22-20(25)17-12-15(21)4-7-19(17)24/h2-7,12,18,24H,8-11,13H2,1H3,(H,22,25). The van der Waals surface area contributed by atoms with Crippen LogP contribution in [0.5, 0.6) is 11.5 Å². The second-order valence-electron chi connectivity index (χ2n) is 6.31. The number of hydrogen-bond donors (Lipinski definition) is 2. The average molecular weight is 391 g/mol. The average Bonchev–Trinajstić information content (AvgIpc) is 2.71. The van der Waals surface area contributed by atoms with E-state index < -0.39 is 0 Å². The zero-order valence-electron chi connectivity index (χ0n) is 15.2. The first-order valence-corrected chi connectivity index (χ1v) is 9.18. The lowest BCUT2D eigenvalue weighted by Gasteiger charge is -2.35. The van der Waals surface area contributed by atoms with Crippen molar-refractivity contribution in [2.24, 2.45) is 0 Å². The number of ether oxygens (including phenoxy) is 2. The highest BCUT2D eigenvalue weighted by Crippen LogP contribution is 2.25. The molecule has 0 aliphatic carbocycles. The quantitative estimate of drug-likeness (QED) is 0.793. The molecule has 144 valence electrons. The van der Waals surface area contributed by atoms with Gasteiger partial charge in [-0.1, -0.05) is 23.7 Å². The predicted octanol–water partition coefficient (Wildman–Crippen LogP) is 2.86. The van der Waals surface area contributed by atoms with Crippen LogP contribution in [0.2, 0.25) is 5.02 Å². The van der Waals surface area contributed by atoms with Crippen molar-refractivity contribution in [3.05, 3.63) is 58.6 Å². The number of nitrogens with one attached hydrogen (secondary N) is 1.